The van der Waals surface area contributed by atoms with Crippen LogP contribution in [0.3, 0.4) is 0 Å². The van der Waals surface area contributed by atoms with Gasteiger partial charge in [-0.05, 0) is 48.4 Å². The van der Waals surface area contributed by atoms with E-state index in [1.165, 1.54) is 12.1 Å². The van der Waals surface area contributed by atoms with Crippen molar-refractivity contribution in [3.63, 3.8) is 0 Å². The highest BCUT2D eigenvalue weighted by atomic mass is 19.1. The van der Waals surface area contributed by atoms with E-state index in [4.69, 9.17) is 4.74 Å². The lowest BCUT2D eigenvalue weighted by Gasteiger charge is -2.32. The fourth-order valence-corrected chi connectivity index (χ4v) is 2.42. The van der Waals surface area contributed by atoms with Crippen molar-refractivity contribution in [2.75, 3.05) is 26.8 Å². The van der Waals surface area contributed by atoms with Crippen LogP contribution in [-0.4, -0.2) is 26.8 Å². The van der Waals surface area contributed by atoms with Gasteiger partial charge in [-0.25, -0.2) is 8.78 Å². The van der Waals surface area contributed by atoms with Gasteiger partial charge >= 0.3 is 0 Å². The largest absolute Gasteiger partial charge is 0.383 e. The summed E-state index contributed by atoms with van der Waals surface area (Å²) >= 11 is 0. The van der Waals surface area contributed by atoms with Crippen LogP contribution in [0.1, 0.15) is 32.3 Å². The Morgan fingerprint density at radius 3 is 2.50 bits per heavy atom. The van der Waals surface area contributed by atoms with Gasteiger partial charge in [0.1, 0.15) is 11.6 Å². The van der Waals surface area contributed by atoms with E-state index >= 15 is 0 Å². The van der Waals surface area contributed by atoms with Crippen LogP contribution in [-0.2, 0) is 11.2 Å². The number of hydrogen-bond acceptors (Lipinski definition) is 2. The summed E-state index contributed by atoms with van der Waals surface area (Å²) in [6, 6.07) is 3.68. The molecule has 0 aliphatic carbocycles. The summed E-state index contributed by atoms with van der Waals surface area (Å²) in [7, 11) is 1.66. The van der Waals surface area contributed by atoms with Crippen LogP contribution in [0.5, 0.6) is 0 Å². The zero-order chi connectivity index (χ0) is 15.0. The van der Waals surface area contributed by atoms with Gasteiger partial charge < -0.3 is 10.1 Å². The standard InChI is InChI=1S/C16H25F2NO/c1-4-16(5-2,12-19-8-9-20-3)11-13-10-14(17)6-7-15(13)18/h6-7,10,19H,4-5,8-9,11-12H2,1-3H3. The van der Waals surface area contributed by atoms with Gasteiger partial charge in [-0.2, -0.15) is 0 Å². The quantitative estimate of drug-likeness (QED) is 0.701. The molecule has 0 spiro atoms. The Morgan fingerprint density at radius 1 is 1.20 bits per heavy atom. The van der Waals surface area contributed by atoms with Crippen LogP contribution in [0.2, 0.25) is 0 Å². The lowest BCUT2D eigenvalue weighted by Crippen LogP contribution is -2.37. The zero-order valence-corrected chi connectivity index (χ0v) is 12.6. The van der Waals surface area contributed by atoms with Gasteiger partial charge in [0.2, 0.25) is 0 Å². The van der Waals surface area contributed by atoms with Crippen LogP contribution in [0.25, 0.3) is 0 Å². The average Bonchev–Trinajstić information content (AvgIpc) is 2.46. The van der Waals surface area contributed by atoms with Crippen LogP contribution in [0.15, 0.2) is 18.2 Å². The molecule has 0 saturated heterocycles. The predicted octanol–water partition coefficient (Wildman–Crippen LogP) is 3.55. The molecule has 2 nitrogen and oxygen atoms in total. The van der Waals surface area contributed by atoms with E-state index in [-0.39, 0.29) is 17.0 Å². The van der Waals surface area contributed by atoms with Crippen molar-refractivity contribution in [3.05, 3.63) is 35.4 Å². The van der Waals surface area contributed by atoms with E-state index < -0.39 is 0 Å². The first-order valence-corrected chi connectivity index (χ1v) is 7.20. The number of rotatable bonds is 9. The Balaban J connectivity index is 2.76. The first-order chi connectivity index (χ1) is 9.56. The summed E-state index contributed by atoms with van der Waals surface area (Å²) in [4.78, 5) is 0. The normalized spacial score (nSPS) is 11.8. The minimum Gasteiger partial charge on any atom is -0.383 e. The third-order valence-corrected chi connectivity index (χ3v) is 4.06. The second kappa shape index (κ2) is 8.32. The number of benzene rings is 1. The van der Waals surface area contributed by atoms with Gasteiger partial charge in [-0.1, -0.05) is 13.8 Å². The maximum absolute atomic E-state index is 13.8. The maximum Gasteiger partial charge on any atom is 0.126 e. The predicted molar refractivity (Wildman–Crippen MR) is 77.8 cm³/mol. The first kappa shape index (κ1) is 17.1. The minimum atomic E-state index is -0.380. The van der Waals surface area contributed by atoms with E-state index in [1.807, 2.05) is 0 Å². The highest BCUT2D eigenvalue weighted by Crippen LogP contribution is 2.31. The van der Waals surface area contributed by atoms with Crippen molar-refractivity contribution in [1.82, 2.24) is 5.32 Å². The lowest BCUT2D eigenvalue weighted by atomic mass is 9.76. The van der Waals surface area contributed by atoms with Crippen molar-refractivity contribution >= 4 is 0 Å². The molecule has 1 N–H and O–H groups in total. The van der Waals surface area contributed by atoms with Crippen molar-refractivity contribution in [3.8, 4) is 0 Å². The summed E-state index contributed by atoms with van der Waals surface area (Å²) in [6.07, 6.45) is 2.38. The van der Waals surface area contributed by atoms with Crippen LogP contribution in [0.4, 0.5) is 8.78 Å². The summed E-state index contributed by atoms with van der Waals surface area (Å²) in [6.45, 7) is 6.39. The number of nitrogens with one attached hydrogen (secondary N) is 1. The van der Waals surface area contributed by atoms with Crippen molar-refractivity contribution < 1.29 is 13.5 Å². The molecule has 0 aromatic heterocycles. The number of hydrogen-bond donors (Lipinski definition) is 1. The van der Waals surface area contributed by atoms with Gasteiger partial charge in [0.15, 0.2) is 0 Å². The number of ether oxygens (including phenoxy) is 1. The van der Waals surface area contributed by atoms with Crippen LogP contribution in [0, 0.1) is 17.0 Å². The van der Waals surface area contributed by atoms with Gasteiger partial charge in [-0.3, -0.25) is 0 Å². The fourth-order valence-electron chi connectivity index (χ4n) is 2.42. The fraction of sp³-hybridized carbons (Fsp3) is 0.625. The number of halogens is 2. The minimum absolute atomic E-state index is 0.0532. The SMILES string of the molecule is CCC(CC)(CNCCOC)Cc1cc(F)ccc1F. The molecule has 0 unspecified atom stereocenters. The maximum atomic E-state index is 13.8. The molecule has 0 heterocycles. The van der Waals surface area contributed by atoms with Crippen molar-refractivity contribution in [1.29, 1.82) is 0 Å². The molecule has 0 amide bonds. The Labute approximate surface area is 120 Å². The lowest BCUT2D eigenvalue weighted by molar-refractivity contribution is 0.185. The van der Waals surface area contributed by atoms with Crippen molar-refractivity contribution in [2.24, 2.45) is 5.41 Å². The molecular formula is C16H25F2NO. The van der Waals surface area contributed by atoms with Crippen LogP contribution < -0.4 is 5.32 Å². The van der Waals surface area contributed by atoms with Gasteiger partial charge in [0.05, 0.1) is 6.61 Å². The molecule has 114 valence electrons. The monoisotopic (exact) mass is 285 g/mol. The van der Waals surface area contributed by atoms with E-state index in [2.05, 4.69) is 19.2 Å². The molecule has 0 fully saturated rings. The Hall–Kier alpha value is -1.00. The summed E-state index contributed by atoms with van der Waals surface area (Å²) < 4.78 is 32.1. The molecule has 0 radical (unpaired) electrons. The summed E-state index contributed by atoms with van der Waals surface area (Å²) in [5.41, 5.74) is 0.407. The molecule has 0 atom stereocenters. The second-order valence-corrected chi connectivity index (χ2v) is 5.29. The summed E-state index contributed by atoms with van der Waals surface area (Å²) in [5.74, 6) is -0.704. The Bertz CT molecular complexity index is 405. The van der Waals surface area contributed by atoms with Gasteiger partial charge in [0, 0.05) is 20.2 Å². The molecule has 1 aromatic rings. The second-order valence-electron chi connectivity index (χ2n) is 5.29. The van der Waals surface area contributed by atoms with Crippen LogP contribution >= 0.6 is 0 Å². The highest BCUT2D eigenvalue weighted by Gasteiger charge is 2.27. The zero-order valence-electron chi connectivity index (χ0n) is 12.6. The first-order valence-electron chi connectivity index (χ1n) is 7.20. The molecule has 20 heavy (non-hydrogen) atoms. The molecule has 4 heteroatoms. The Kier molecular flexibility index (Phi) is 7.10. The van der Waals surface area contributed by atoms with E-state index in [9.17, 15) is 8.78 Å². The molecule has 1 aromatic carbocycles. The topological polar surface area (TPSA) is 21.3 Å². The summed E-state index contributed by atoms with van der Waals surface area (Å²) in [5, 5.41) is 3.34. The highest BCUT2D eigenvalue weighted by molar-refractivity contribution is 5.20. The third kappa shape index (κ3) is 4.84. The van der Waals surface area contributed by atoms with E-state index in [0.717, 1.165) is 32.0 Å². The molecule has 1 rings (SSSR count). The molecule has 0 aliphatic heterocycles. The molecule has 0 bridgehead atoms. The average molecular weight is 285 g/mol. The van der Waals surface area contributed by atoms with E-state index in [1.54, 1.807) is 7.11 Å². The van der Waals surface area contributed by atoms with Gasteiger partial charge in [-0.15, -0.1) is 0 Å². The van der Waals surface area contributed by atoms with E-state index in [0.29, 0.717) is 18.6 Å². The molecule has 0 aliphatic rings. The third-order valence-electron chi connectivity index (χ3n) is 4.06. The number of methoxy groups -OCH3 is 1. The smallest absolute Gasteiger partial charge is 0.126 e. The molecule has 0 saturated carbocycles. The molecular weight excluding hydrogens is 260 g/mol. The Morgan fingerprint density at radius 2 is 1.90 bits per heavy atom. The van der Waals surface area contributed by atoms with Gasteiger partial charge in [0.25, 0.3) is 0 Å². The van der Waals surface area contributed by atoms with Crippen molar-refractivity contribution in [2.45, 2.75) is 33.1 Å².